The number of hydrogen-bond donors (Lipinski definition) is 2. The molecule has 2 amide bonds. The van der Waals surface area contributed by atoms with Gasteiger partial charge in [-0.2, -0.15) is 4.31 Å². The first-order valence-electron chi connectivity index (χ1n) is 13.1. The van der Waals surface area contributed by atoms with E-state index in [1.807, 2.05) is 0 Å². The zero-order valence-corrected chi connectivity index (χ0v) is 21.9. The lowest BCUT2D eigenvalue weighted by molar-refractivity contribution is -0.0753. The van der Waals surface area contributed by atoms with Crippen molar-refractivity contribution in [2.45, 2.75) is 50.7 Å². The Balaban J connectivity index is 1.39. The zero-order chi connectivity index (χ0) is 25.7. The normalized spacial score (nSPS) is 34.3. The average Bonchev–Trinajstić information content (AvgIpc) is 3.25. The molecule has 36 heavy (non-hydrogen) atoms. The van der Waals surface area contributed by atoms with Gasteiger partial charge in [-0.3, -0.25) is 0 Å². The molecule has 6 atom stereocenters. The van der Waals surface area contributed by atoms with Gasteiger partial charge in [0.05, 0.1) is 30.7 Å². The summed E-state index contributed by atoms with van der Waals surface area (Å²) in [5.41, 5.74) is -0.0869. The predicted molar refractivity (Wildman–Crippen MR) is 134 cm³/mol. The molecule has 200 valence electrons. The number of carbonyl (C=O) groups is 1. The molecule has 1 aromatic rings. The highest BCUT2D eigenvalue weighted by atomic mass is 32.2. The minimum Gasteiger partial charge on any atom is -0.395 e. The highest BCUT2D eigenvalue weighted by Crippen LogP contribution is 2.62. The minimum atomic E-state index is -3.51. The third-order valence-corrected chi connectivity index (χ3v) is 10.9. The fourth-order valence-electron chi connectivity index (χ4n) is 8.06. The average molecular weight is 524 g/mol. The van der Waals surface area contributed by atoms with Gasteiger partial charge in [-0.15, -0.1) is 0 Å². The lowest BCUT2D eigenvalue weighted by Gasteiger charge is -2.57. The number of ether oxygens (including phenoxy) is 1. The molecule has 2 saturated heterocycles. The summed E-state index contributed by atoms with van der Waals surface area (Å²) in [7, 11) is -1.75. The third kappa shape index (κ3) is 4.54. The molecule has 4 fully saturated rings. The number of hydrogen-bond acceptors (Lipinski definition) is 5. The van der Waals surface area contributed by atoms with Gasteiger partial charge in [-0.1, -0.05) is 12.1 Å². The number of nitrogens with one attached hydrogen (secondary N) is 1. The fourth-order valence-corrected chi connectivity index (χ4v) is 9.27. The fraction of sp³-hybridized carbons (Fsp3) is 0.731. The molecule has 10 heteroatoms. The van der Waals surface area contributed by atoms with E-state index in [9.17, 15) is 22.7 Å². The molecule has 2 saturated carbocycles. The van der Waals surface area contributed by atoms with Crippen molar-refractivity contribution >= 4 is 21.7 Å². The lowest BCUT2D eigenvalue weighted by atomic mass is 9.57. The summed E-state index contributed by atoms with van der Waals surface area (Å²) in [5.74, 6) is 0.884. The van der Waals surface area contributed by atoms with Gasteiger partial charge < -0.3 is 20.1 Å². The molecular weight excluding hydrogens is 485 g/mol. The topological polar surface area (TPSA) is 99.2 Å². The van der Waals surface area contributed by atoms with Gasteiger partial charge in [0, 0.05) is 26.7 Å². The van der Waals surface area contributed by atoms with E-state index in [0.717, 1.165) is 25.7 Å². The summed E-state index contributed by atoms with van der Waals surface area (Å²) in [5, 5.41) is 13.0. The molecular formula is C26H38FN3O5S. The Morgan fingerprint density at radius 2 is 1.92 bits per heavy atom. The number of rotatable bonds is 4. The molecule has 8 nitrogen and oxygen atoms in total. The standard InChI is InChI=1S/C26H38FN3O5S/c1-35-18-7-8-19-17(13-18)14-20-23(15-31)30(36(2,33)34)16-26(24(19)20)9-11-29(12-10-26)25(32)28-22-6-4-3-5-21(22)27/h3-6,17-20,23-24,31H,7-16H2,1-2H3,(H,28,32)/t17?,18?,19?,20?,23-,24?/m0/s1. The molecule has 0 radical (unpaired) electrons. The first-order valence-corrected chi connectivity index (χ1v) is 14.9. The van der Waals surface area contributed by atoms with Crippen molar-refractivity contribution in [2.24, 2.45) is 29.1 Å². The van der Waals surface area contributed by atoms with Gasteiger partial charge in [0.1, 0.15) is 5.82 Å². The van der Waals surface area contributed by atoms with Crippen LogP contribution in [0.15, 0.2) is 24.3 Å². The van der Waals surface area contributed by atoms with E-state index in [1.165, 1.54) is 12.3 Å². The molecule has 5 unspecified atom stereocenters. The Hall–Kier alpha value is -1.75. The quantitative estimate of drug-likeness (QED) is 0.632. The summed E-state index contributed by atoms with van der Waals surface area (Å²) in [6, 6.07) is 5.38. The number of amides is 2. The summed E-state index contributed by atoms with van der Waals surface area (Å²) in [6.07, 6.45) is 6.83. The number of aliphatic hydroxyl groups excluding tert-OH is 1. The second-order valence-electron chi connectivity index (χ2n) is 11.3. The van der Waals surface area contributed by atoms with Gasteiger partial charge >= 0.3 is 6.03 Å². The maximum atomic E-state index is 14.1. The largest absolute Gasteiger partial charge is 0.395 e. The summed E-state index contributed by atoms with van der Waals surface area (Å²) in [4.78, 5) is 14.6. The van der Waals surface area contributed by atoms with Crippen molar-refractivity contribution < 1.29 is 27.4 Å². The first kappa shape index (κ1) is 25.9. The monoisotopic (exact) mass is 523 g/mol. The van der Waals surface area contributed by atoms with Gasteiger partial charge in [0.2, 0.25) is 10.0 Å². The Bertz CT molecular complexity index is 1080. The number of anilines is 1. The van der Waals surface area contributed by atoms with Crippen LogP contribution in [0.25, 0.3) is 0 Å². The van der Waals surface area contributed by atoms with Crippen LogP contribution in [0.5, 0.6) is 0 Å². The first-order chi connectivity index (χ1) is 17.2. The minimum absolute atomic E-state index is 0.0999. The molecule has 2 N–H and O–H groups in total. The van der Waals surface area contributed by atoms with Crippen molar-refractivity contribution in [3.05, 3.63) is 30.1 Å². The molecule has 2 aliphatic heterocycles. The molecule has 1 spiro atoms. The highest BCUT2D eigenvalue weighted by Gasteiger charge is 2.62. The third-order valence-electron chi connectivity index (χ3n) is 9.64. The highest BCUT2D eigenvalue weighted by molar-refractivity contribution is 7.88. The van der Waals surface area contributed by atoms with Crippen molar-refractivity contribution in [1.82, 2.24) is 9.21 Å². The molecule has 4 aliphatic rings. The number of methoxy groups -OCH3 is 1. The van der Waals surface area contributed by atoms with Crippen molar-refractivity contribution in [1.29, 1.82) is 0 Å². The molecule has 2 heterocycles. The summed E-state index contributed by atoms with van der Waals surface area (Å²) < 4.78 is 47.0. The van der Waals surface area contributed by atoms with Crippen LogP contribution in [-0.4, -0.2) is 80.5 Å². The van der Waals surface area contributed by atoms with Crippen LogP contribution in [0.1, 0.15) is 38.5 Å². The number of halogens is 1. The van der Waals surface area contributed by atoms with E-state index in [-0.39, 0.29) is 35.8 Å². The molecule has 0 aromatic heterocycles. The Morgan fingerprint density at radius 3 is 2.56 bits per heavy atom. The van der Waals surface area contributed by atoms with E-state index in [2.05, 4.69) is 5.32 Å². The predicted octanol–water partition coefficient (Wildman–Crippen LogP) is 3.14. The van der Waals surface area contributed by atoms with Gasteiger partial charge in [0.25, 0.3) is 0 Å². The zero-order valence-electron chi connectivity index (χ0n) is 21.1. The van der Waals surface area contributed by atoms with Gasteiger partial charge in [-0.25, -0.2) is 17.6 Å². The molecule has 1 aromatic carbocycles. The number of fused-ring (bicyclic) bond motifs is 4. The summed E-state index contributed by atoms with van der Waals surface area (Å²) >= 11 is 0. The molecule has 0 bridgehead atoms. The maximum absolute atomic E-state index is 14.1. The maximum Gasteiger partial charge on any atom is 0.321 e. The Labute approximate surface area is 213 Å². The Morgan fingerprint density at radius 1 is 1.19 bits per heavy atom. The van der Waals surface area contributed by atoms with Crippen LogP contribution in [0.3, 0.4) is 0 Å². The number of para-hydroxylation sites is 1. The number of urea groups is 1. The second-order valence-corrected chi connectivity index (χ2v) is 13.3. The van der Waals surface area contributed by atoms with Crippen molar-refractivity contribution in [2.75, 3.05) is 44.9 Å². The van der Waals surface area contributed by atoms with E-state index in [4.69, 9.17) is 4.74 Å². The number of benzene rings is 1. The van der Waals surface area contributed by atoms with Gasteiger partial charge in [-0.05, 0) is 79.7 Å². The van der Waals surface area contributed by atoms with Crippen LogP contribution in [-0.2, 0) is 14.8 Å². The lowest BCUT2D eigenvalue weighted by Crippen LogP contribution is -2.63. The van der Waals surface area contributed by atoms with Crippen LogP contribution in [0.2, 0.25) is 0 Å². The number of sulfonamides is 1. The van der Waals surface area contributed by atoms with Crippen LogP contribution >= 0.6 is 0 Å². The number of piperidine rings is 2. The van der Waals surface area contributed by atoms with E-state index >= 15 is 0 Å². The van der Waals surface area contributed by atoms with Crippen molar-refractivity contribution in [3.8, 4) is 0 Å². The van der Waals surface area contributed by atoms with E-state index < -0.39 is 21.9 Å². The number of aliphatic hydroxyl groups is 1. The van der Waals surface area contributed by atoms with Crippen LogP contribution in [0, 0.1) is 34.9 Å². The number of likely N-dealkylation sites (tertiary alicyclic amines) is 1. The number of nitrogens with zero attached hydrogens (tertiary/aromatic N) is 2. The molecule has 2 aliphatic carbocycles. The van der Waals surface area contributed by atoms with E-state index in [1.54, 1.807) is 34.5 Å². The van der Waals surface area contributed by atoms with Crippen LogP contribution in [0.4, 0.5) is 14.9 Å². The van der Waals surface area contributed by atoms with Crippen molar-refractivity contribution in [3.63, 3.8) is 0 Å². The summed E-state index contributed by atoms with van der Waals surface area (Å²) in [6.45, 7) is 1.19. The van der Waals surface area contributed by atoms with E-state index in [0.29, 0.717) is 50.2 Å². The SMILES string of the molecule is COC1CCC2C(C1)CC1C2C2(CCN(C(=O)Nc3ccccc3F)CC2)CN(S(C)(=O)=O)[C@H]1CO. The molecule has 5 rings (SSSR count). The number of carbonyl (C=O) groups excluding carboxylic acids is 1. The van der Waals surface area contributed by atoms with Gasteiger partial charge in [0.15, 0.2) is 0 Å². The second kappa shape index (κ2) is 9.85. The Kier molecular flexibility index (Phi) is 7.08. The smallest absolute Gasteiger partial charge is 0.321 e. The van der Waals surface area contributed by atoms with Crippen LogP contribution < -0.4 is 5.32 Å².